The highest BCUT2D eigenvalue weighted by Crippen LogP contribution is 2.33. The lowest BCUT2D eigenvalue weighted by molar-refractivity contribution is 0.0944. The summed E-state index contributed by atoms with van der Waals surface area (Å²) in [5.41, 5.74) is 1.99. The second kappa shape index (κ2) is 8.87. The third-order valence-corrected chi connectivity index (χ3v) is 6.22. The molecule has 1 heterocycles. The molecule has 0 spiro atoms. The number of amides is 1. The van der Waals surface area contributed by atoms with Gasteiger partial charge in [-0.2, -0.15) is 5.10 Å². The molecular formula is C20H27N3O4S. The van der Waals surface area contributed by atoms with E-state index >= 15 is 0 Å². The van der Waals surface area contributed by atoms with E-state index in [4.69, 9.17) is 5.11 Å². The Hall–Kier alpha value is -2.19. The monoisotopic (exact) mass is 405 g/mol. The first kappa shape index (κ1) is 20.5. The van der Waals surface area contributed by atoms with Crippen LogP contribution in [0.5, 0.6) is 0 Å². The van der Waals surface area contributed by atoms with Crippen LogP contribution < -0.4 is 5.32 Å². The lowest BCUT2D eigenvalue weighted by Crippen LogP contribution is -2.26. The fourth-order valence-electron chi connectivity index (χ4n) is 3.57. The van der Waals surface area contributed by atoms with Crippen molar-refractivity contribution in [3.05, 3.63) is 36.0 Å². The van der Waals surface area contributed by atoms with Crippen molar-refractivity contribution in [1.29, 1.82) is 0 Å². The molecule has 7 nitrogen and oxygen atoms in total. The predicted octanol–water partition coefficient (Wildman–Crippen LogP) is 2.57. The molecule has 0 saturated heterocycles. The Morgan fingerprint density at radius 2 is 1.89 bits per heavy atom. The van der Waals surface area contributed by atoms with Crippen LogP contribution in [0.4, 0.5) is 0 Å². The minimum absolute atomic E-state index is 0.0225. The third kappa shape index (κ3) is 4.80. The van der Waals surface area contributed by atoms with Crippen molar-refractivity contribution in [3.8, 4) is 11.3 Å². The van der Waals surface area contributed by atoms with E-state index in [0.29, 0.717) is 18.7 Å². The smallest absolute Gasteiger partial charge is 0.271 e. The van der Waals surface area contributed by atoms with Gasteiger partial charge in [-0.1, -0.05) is 31.4 Å². The average Bonchev–Trinajstić information content (AvgIpc) is 3.14. The molecule has 1 aromatic heterocycles. The van der Waals surface area contributed by atoms with Crippen LogP contribution >= 0.6 is 0 Å². The molecule has 152 valence electrons. The molecule has 0 bridgehead atoms. The second-order valence-corrected chi connectivity index (χ2v) is 9.30. The van der Waals surface area contributed by atoms with Gasteiger partial charge in [-0.05, 0) is 43.0 Å². The summed E-state index contributed by atoms with van der Waals surface area (Å²) in [6.45, 7) is 0.415. The number of carbonyl (C=O) groups excluding carboxylic acids is 1. The summed E-state index contributed by atoms with van der Waals surface area (Å²) in [4.78, 5) is 12.7. The van der Waals surface area contributed by atoms with E-state index in [0.717, 1.165) is 36.9 Å². The summed E-state index contributed by atoms with van der Waals surface area (Å²) in [6.07, 6.45) is 7.19. The molecule has 1 saturated carbocycles. The van der Waals surface area contributed by atoms with E-state index in [-0.39, 0.29) is 23.5 Å². The number of hydrogen-bond acceptors (Lipinski definition) is 5. The fraction of sp³-hybridized carbons (Fsp3) is 0.500. The maximum Gasteiger partial charge on any atom is 0.271 e. The van der Waals surface area contributed by atoms with Crippen LogP contribution in [0.1, 0.15) is 55.1 Å². The number of sulfone groups is 1. The first-order chi connectivity index (χ1) is 13.4. The zero-order chi connectivity index (χ0) is 20.1. The average molecular weight is 406 g/mol. The number of carbonyl (C=O) groups is 1. The van der Waals surface area contributed by atoms with Crippen LogP contribution in [-0.2, 0) is 9.84 Å². The van der Waals surface area contributed by atoms with Gasteiger partial charge in [0, 0.05) is 19.4 Å². The molecule has 3 rings (SSSR count). The van der Waals surface area contributed by atoms with Crippen LogP contribution in [0, 0.1) is 0 Å². The maximum absolute atomic E-state index is 12.4. The van der Waals surface area contributed by atoms with E-state index in [2.05, 4.69) is 10.4 Å². The Balaban J connectivity index is 1.94. The minimum atomic E-state index is -3.26. The molecular weight excluding hydrogens is 378 g/mol. The first-order valence-electron chi connectivity index (χ1n) is 9.69. The Morgan fingerprint density at radius 1 is 1.21 bits per heavy atom. The van der Waals surface area contributed by atoms with Gasteiger partial charge < -0.3 is 10.4 Å². The van der Waals surface area contributed by atoms with Crippen molar-refractivity contribution in [3.63, 3.8) is 0 Å². The fourth-order valence-corrected chi connectivity index (χ4v) is 4.20. The normalized spacial score (nSPS) is 15.5. The number of rotatable bonds is 7. The van der Waals surface area contributed by atoms with Gasteiger partial charge in [0.25, 0.3) is 5.91 Å². The lowest BCUT2D eigenvalue weighted by Gasteiger charge is -2.24. The Labute approximate surface area is 165 Å². The molecule has 1 amide bonds. The van der Waals surface area contributed by atoms with Crippen molar-refractivity contribution < 1.29 is 18.3 Å². The van der Waals surface area contributed by atoms with Gasteiger partial charge in [-0.15, -0.1) is 0 Å². The van der Waals surface area contributed by atoms with Crippen LogP contribution in [0.15, 0.2) is 35.2 Å². The summed E-state index contributed by atoms with van der Waals surface area (Å²) in [5, 5.41) is 16.2. The zero-order valence-electron chi connectivity index (χ0n) is 16.1. The zero-order valence-corrected chi connectivity index (χ0v) is 16.9. The molecule has 8 heteroatoms. The first-order valence-corrected chi connectivity index (χ1v) is 11.6. The molecule has 1 aromatic carbocycles. The SMILES string of the molecule is CS(=O)(=O)c1ccc(-c2cc(C(=O)NCCCO)nn2C2CCCCC2)cc1. The number of benzene rings is 1. The van der Waals surface area contributed by atoms with Crippen LogP contribution in [0.25, 0.3) is 11.3 Å². The molecule has 1 aliphatic rings. The van der Waals surface area contributed by atoms with Gasteiger partial charge in [-0.25, -0.2) is 8.42 Å². The largest absolute Gasteiger partial charge is 0.396 e. The summed E-state index contributed by atoms with van der Waals surface area (Å²) in [7, 11) is -3.26. The van der Waals surface area contributed by atoms with Crippen LogP contribution in [-0.4, -0.2) is 48.6 Å². The molecule has 0 unspecified atom stereocenters. The molecule has 2 N–H and O–H groups in total. The van der Waals surface area contributed by atoms with Gasteiger partial charge in [0.05, 0.1) is 16.6 Å². The summed E-state index contributed by atoms with van der Waals surface area (Å²) >= 11 is 0. The van der Waals surface area contributed by atoms with E-state index < -0.39 is 9.84 Å². The topological polar surface area (TPSA) is 101 Å². The van der Waals surface area contributed by atoms with Crippen molar-refractivity contribution >= 4 is 15.7 Å². The van der Waals surface area contributed by atoms with E-state index in [1.54, 1.807) is 30.3 Å². The molecule has 0 radical (unpaired) electrons. The van der Waals surface area contributed by atoms with Crippen LogP contribution in [0.3, 0.4) is 0 Å². The number of nitrogens with one attached hydrogen (secondary N) is 1. The summed E-state index contributed by atoms with van der Waals surface area (Å²) in [5.74, 6) is -0.267. The maximum atomic E-state index is 12.4. The Kier molecular flexibility index (Phi) is 6.51. The van der Waals surface area contributed by atoms with Gasteiger partial charge in [-0.3, -0.25) is 9.48 Å². The van der Waals surface area contributed by atoms with Gasteiger partial charge in [0.1, 0.15) is 0 Å². The molecule has 28 heavy (non-hydrogen) atoms. The predicted molar refractivity (Wildman–Crippen MR) is 107 cm³/mol. The Morgan fingerprint density at radius 3 is 2.50 bits per heavy atom. The van der Waals surface area contributed by atoms with Crippen molar-refractivity contribution in [1.82, 2.24) is 15.1 Å². The van der Waals surface area contributed by atoms with Crippen molar-refractivity contribution in [2.24, 2.45) is 0 Å². The number of nitrogens with zero attached hydrogens (tertiary/aromatic N) is 2. The van der Waals surface area contributed by atoms with Crippen molar-refractivity contribution in [2.75, 3.05) is 19.4 Å². The van der Waals surface area contributed by atoms with E-state index in [1.807, 2.05) is 4.68 Å². The lowest BCUT2D eigenvalue weighted by atomic mass is 9.95. The standard InChI is InChI=1S/C20H27N3O4S/c1-28(26,27)17-10-8-15(9-11-17)19-14-18(20(25)21-12-5-13-24)22-23(19)16-6-3-2-4-7-16/h8-11,14,16,24H,2-7,12-13H2,1H3,(H,21,25). The van der Waals surface area contributed by atoms with Crippen molar-refractivity contribution in [2.45, 2.75) is 49.5 Å². The number of hydrogen-bond donors (Lipinski definition) is 2. The van der Waals surface area contributed by atoms with Gasteiger partial charge >= 0.3 is 0 Å². The van der Waals surface area contributed by atoms with E-state index in [1.165, 1.54) is 12.7 Å². The number of aliphatic hydroxyl groups is 1. The molecule has 1 fully saturated rings. The van der Waals surface area contributed by atoms with Gasteiger partial charge in [0.15, 0.2) is 15.5 Å². The molecule has 0 aliphatic heterocycles. The van der Waals surface area contributed by atoms with Crippen LogP contribution in [0.2, 0.25) is 0 Å². The second-order valence-electron chi connectivity index (χ2n) is 7.28. The third-order valence-electron chi connectivity index (χ3n) is 5.09. The number of aromatic nitrogens is 2. The highest BCUT2D eigenvalue weighted by atomic mass is 32.2. The van der Waals surface area contributed by atoms with E-state index in [9.17, 15) is 13.2 Å². The highest BCUT2D eigenvalue weighted by molar-refractivity contribution is 7.90. The quantitative estimate of drug-likeness (QED) is 0.690. The molecule has 1 aliphatic carbocycles. The Bertz CT molecular complexity index is 913. The summed E-state index contributed by atoms with van der Waals surface area (Å²) in [6, 6.07) is 8.70. The van der Waals surface area contributed by atoms with Gasteiger partial charge in [0.2, 0.25) is 0 Å². The minimum Gasteiger partial charge on any atom is -0.396 e. The molecule has 0 atom stereocenters. The highest BCUT2D eigenvalue weighted by Gasteiger charge is 2.23. The number of aliphatic hydroxyl groups excluding tert-OH is 1. The summed E-state index contributed by atoms with van der Waals surface area (Å²) < 4.78 is 25.4. The molecule has 2 aromatic rings.